The monoisotopic (exact) mass is 535 g/mol. The number of aryl methyl sites for hydroxylation is 2. The van der Waals surface area contributed by atoms with E-state index in [4.69, 9.17) is 16.3 Å². The first-order valence-electron chi connectivity index (χ1n) is 13.3. The van der Waals surface area contributed by atoms with Crippen LogP contribution in [0.2, 0.25) is 5.15 Å². The zero-order chi connectivity index (χ0) is 27.1. The molecule has 0 saturated carbocycles. The normalized spacial score (nSPS) is 15.2. The number of methoxy groups -OCH3 is 1. The molecule has 0 radical (unpaired) electrons. The first-order chi connectivity index (χ1) is 18.4. The molecule has 1 aliphatic rings. The molecular weight excluding hydrogens is 498 g/mol. The second-order valence-electron chi connectivity index (χ2n) is 10.1. The van der Waals surface area contributed by atoms with Gasteiger partial charge in [-0.3, -0.25) is 9.78 Å². The number of amides is 1. The van der Waals surface area contributed by atoms with E-state index in [-0.39, 0.29) is 5.91 Å². The van der Waals surface area contributed by atoms with Crippen molar-refractivity contribution in [3.05, 3.63) is 82.4 Å². The number of halogens is 1. The highest BCUT2D eigenvalue weighted by Gasteiger charge is 2.27. The van der Waals surface area contributed by atoms with Crippen molar-refractivity contribution in [2.45, 2.75) is 58.7 Å². The summed E-state index contributed by atoms with van der Waals surface area (Å²) in [4.78, 5) is 26.4. The van der Waals surface area contributed by atoms with Crippen LogP contribution in [0, 0.1) is 13.8 Å². The molecule has 8 heteroatoms. The number of hydrogen-bond donors (Lipinski definition) is 1. The van der Waals surface area contributed by atoms with Gasteiger partial charge < -0.3 is 19.9 Å². The number of piperidine rings is 1. The van der Waals surface area contributed by atoms with E-state index >= 15 is 0 Å². The molecule has 0 unspecified atom stereocenters. The van der Waals surface area contributed by atoms with Gasteiger partial charge in [-0.05, 0) is 87.6 Å². The van der Waals surface area contributed by atoms with Gasteiger partial charge in [0.1, 0.15) is 10.9 Å². The number of rotatable bonds is 10. The number of benzene rings is 1. The molecule has 1 fully saturated rings. The molecule has 3 aromatic rings. The summed E-state index contributed by atoms with van der Waals surface area (Å²) in [6.07, 6.45) is 6.83. The van der Waals surface area contributed by atoms with Crippen LogP contribution in [0.4, 0.5) is 5.69 Å². The minimum absolute atomic E-state index is 0.0828. The molecule has 0 aliphatic carbocycles. The van der Waals surface area contributed by atoms with Crippen molar-refractivity contribution in [1.29, 1.82) is 0 Å². The molecule has 0 bridgehead atoms. The Bertz CT molecular complexity index is 1170. The summed E-state index contributed by atoms with van der Waals surface area (Å²) in [7, 11) is 1.70. The van der Waals surface area contributed by atoms with E-state index in [1.54, 1.807) is 13.2 Å². The number of anilines is 1. The molecule has 1 amide bonds. The van der Waals surface area contributed by atoms with Crippen LogP contribution in [0.5, 0.6) is 5.75 Å². The number of nitrogens with zero attached hydrogens (tertiary/aromatic N) is 4. The van der Waals surface area contributed by atoms with Gasteiger partial charge in [-0.2, -0.15) is 0 Å². The van der Waals surface area contributed by atoms with Crippen LogP contribution in [0.25, 0.3) is 0 Å². The molecule has 3 heterocycles. The van der Waals surface area contributed by atoms with Crippen molar-refractivity contribution < 1.29 is 9.53 Å². The zero-order valence-electron chi connectivity index (χ0n) is 22.8. The molecule has 1 saturated heterocycles. The van der Waals surface area contributed by atoms with Gasteiger partial charge in [0.2, 0.25) is 0 Å². The smallest absolute Gasteiger partial charge is 0.253 e. The number of ether oxygens (including phenoxy) is 1. The van der Waals surface area contributed by atoms with Crippen molar-refractivity contribution in [2.24, 2.45) is 0 Å². The molecule has 38 heavy (non-hydrogen) atoms. The topological polar surface area (TPSA) is 70.6 Å². The Hall–Kier alpha value is -3.16. The molecule has 1 atom stereocenters. The van der Waals surface area contributed by atoms with Gasteiger partial charge in [-0.15, -0.1) is 0 Å². The van der Waals surface area contributed by atoms with E-state index in [0.29, 0.717) is 35.0 Å². The Kier molecular flexibility index (Phi) is 9.58. The highest BCUT2D eigenvalue weighted by Crippen LogP contribution is 2.28. The summed E-state index contributed by atoms with van der Waals surface area (Å²) in [5.41, 5.74) is 4.54. The molecule has 2 aromatic heterocycles. The molecule has 1 N–H and O–H groups in total. The number of likely N-dealkylation sites (tertiary alicyclic amines) is 1. The Morgan fingerprint density at radius 3 is 2.58 bits per heavy atom. The number of pyridine rings is 2. The van der Waals surface area contributed by atoms with E-state index in [1.807, 2.05) is 44.4 Å². The van der Waals surface area contributed by atoms with Gasteiger partial charge in [0.15, 0.2) is 0 Å². The van der Waals surface area contributed by atoms with E-state index in [2.05, 4.69) is 50.2 Å². The van der Waals surface area contributed by atoms with E-state index in [9.17, 15) is 4.79 Å². The highest BCUT2D eigenvalue weighted by atomic mass is 35.5. The molecule has 0 spiro atoms. The van der Waals surface area contributed by atoms with Gasteiger partial charge in [-0.1, -0.05) is 17.7 Å². The molecule has 1 aliphatic heterocycles. The first kappa shape index (κ1) is 27.9. The lowest BCUT2D eigenvalue weighted by Crippen LogP contribution is -2.48. The zero-order valence-corrected chi connectivity index (χ0v) is 23.5. The summed E-state index contributed by atoms with van der Waals surface area (Å²) in [6, 6.07) is 15.0. The minimum atomic E-state index is -0.0828. The van der Waals surface area contributed by atoms with E-state index < -0.39 is 0 Å². The summed E-state index contributed by atoms with van der Waals surface area (Å²) in [5, 5.41) is 3.50. The van der Waals surface area contributed by atoms with E-state index in [1.165, 1.54) is 11.3 Å². The van der Waals surface area contributed by atoms with Crippen molar-refractivity contribution in [2.75, 3.05) is 31.6 Å². The van der Waals surface area contributed by atoms with Crippen LogP contribution < -0.4 is 15.0 Å². The van der Waals surface area contributed by atoms with Crippen LogP contribution in [-0.2, 0) is 6.54 Å². The second kappa shape index (κ2) is 13.1. The summed E-state index contributed by atoms with van der Waals surface area (Å²) < 4.78 is 5.37. The molecular formula is C30H38ClN5O2. The summed E-state index contributed by atoms with van der Waals surface area (Å²) >= 11 is 6.02. The Morgan fingerprint density at radius 1 is 1.21 bits per heavy atom. The Labute approximate surface area is 231 Å². The molecule has 202 valence electrons. The number of hydrogen-bond acceptors (Lipinski definition) is 6. The van der Waals surface area contributed by atoms with Crippen LogP contribution in [0.15, 0.2) is 54.9 Å². The quantitative estimate of drug-likeness (QED) is 0.349. The lowest BCUT2D eigenvalue weighted by Gasteiger charge is -2.42. The van der Waals surface area contributed by atoms with E-state index in [0.717, 1.165) is 50.2 Å². The predicted molar refractivity (Wildman–Crippen MR) is 153 cm³/mol. The number of aromatic nitrogens is 2. The summed E-state index contributed by atoms with van der Waals surface area (Å²) in [5.74, 6) is 0.782. The van der Waals surface area contributed by atoms with Crippen molar-refractivity contribution >= 4 is 23.2 Å². The van der Waals surface area contributed by atoms with Crippen molar-refractivity contribution in [1.82, 2.24) is 20.2 Å². The van der Waals surface area contributed by atoms with Crippen LogP contribution in [0.3, 0.4) is 0 Å². The SMILES string of the molecule is COc1ccc(N(Cc2cccnc2)C2CCN([C@H](C)CCNC(=O)c3c(C)cc(Cl)nc3C)CC2)cc1. The molecule has 7 nitrogen and oxygen atoms in total. The lowest BCUT2D eigenvalue weighted by atomic mass is 9.99. The van der Waals surface area contributed by atoms with Crippen LogP contribution in [-0.4, -0.2) is 59.6 Å². The second-order valence-corrected chi connectivity index (χ2v) is 10.5. The Balaban J connectivity index is 1.32. The predicted octanol–water partition coefficient (Wildman–Crippen LogP) is 5.44. The standard InChI is InChI=1S/C30H38ClN5O2/c1-21-18-28(31)34-23(3)29(21)30(37)33-15-11-22(2)35-16-12-26(13-17-35)36(20-24-6-5-14-32-19-24)25-7-9-27(38-4)10-8-25/h5-10,14,18-19,22,26H,11-13,15-17,20H2,1-4H3,(H,33,37)/t22-/m1/s1. The maximum atomic E-state index is 12.8. The third-order valence-corrected chi connectivity index (χ3v) is 7.68. The van der Waals surface area contributed by atoms with Gasteiger partial charge in [-0.25, -0.2) is 4.98 Å². The average molecular weight is 536 g/mol. The number of carbonyl (C=O) groups excluding carboxylic acids is 1. The Morgan fingerprint density at radius 2 is 1.95 bits per heavy atom. The summed E-state index contributed by atoms with van der Waals surface area (Å²) in [6.45, 7) is 9.47. The number of nitrogens with one attached hydrogen (secondary N) is 1. The van der Waals surface area contributed by atoms with Crippen molar-refractivity contribution in [3.63, 3.8) is 0 Å². The third-order valence-electron chi connectivity index (χ3n) is 7.48. The number of carbonyl (C=O) groups is 1. The maximum absolute atomic E-state index is 12.8. The van der Waals surface area contributed by atoms with Gasteiger partial charge >= 0.3 is 0 Å². The molecule has 1 aromatic carbocycles. The van der Waals surface area contributed by atoms with Gasteiger partial charge in [0.25, 0.3) is 5.91 Å². The first-order valence-corrected chi connectivity index (χ1v) is 13.7. The van der Waals surface area contributed by atoms with Crippen LogP contribution >= 0.6 is 11.6 Å². The largest absolute Gasteiger partial charge is 0.497 e. The van der Waals surface area contributed by atoms with Gasteiger partial charge in [0, 0.05) is 56.3 Å². The maximum Gasteiger partial charge on any atom is 0.253 e. The van der Waals surface area contributed by atoms with Crippen molar-refractivity contribution in [3.8, 4) is 5.75 Å². The lowest BCUT2D eigenvalue weighted by molar-refractivity contribution is 0.0943. The fourth-order valence-electron chi connectivity index (χ4n) is 5.33. The molecule has 4 rings (SSSR count). The fourth-order valence-corrected chi connectivity index (χ4v) is 5.62. The fraction of sp³-hybridized carbons (Fsp3) is 0.433. The van der Waals surface area contributed by atoms with Gasteiger partial charge in [0.05, 0.1) is 18.4 Å². The minimum Gasteiger partial charge on any atom is -0.497 e. The third kappa shape index (κ3) is 7.03. The van der Waals surface area contributed by atoms with Crippen LogP contribution in [0.1, 0.15) is 53.4 Å². The highest BCUT2D eigenvalue weighted by molar-refractivity contribution is 6.29. The average Bonchev–Trinajstić information content (AvgIpc) is 2.92.